The zero-order chi connectivity index (χ0) is 17.5. The molecule has 0 unspecified atom stereocenters. The zero-order valence-corrected chi connectivity index (χ0v) is 14.6. The topological polar surface area (TPSA) is 54.5 Å². The number of piperidine rings is 1. The number of carbonyl (C=O) groups excluding carboxylic acids is 1. The first-order valence-corrected chi connectivity index (χ1v) is 8.82. The number of amides is 1. The number of hydrogen-bond donors (Lipinski definition) is 1. The van der Waals surface area contributed by atoms with Crippen molar-refractivity contribution in [3.8, 4) is 0 Å². The molecule has 1 aromatic carbocycles. The molecule has 2 heterocycles. The van der Waals surface area contributed by atoms with E-state index < -0.39 is 0 Å². The SMILES string of the molecule is Cc1ccc(COC(=O)N2CCC(CNc3ccncc3)CC2)cc1. The van der Waals surface area contributed by atoms with Gasteiger partial charge in [-0.3, -0.25) is 4.98 Å². The highest BCUT2D eigenvalue weighted by atomic mass is 16.6. The average Bonchev–Trinajstić information content (AvgIpc) is 2.67. The Kier molecular flexibility index (Phi) is 5.88. The summed E-state index contributed by atoms with van der Waals surface area (Å²) < 4.78 is 5.44. The van der Waals surface area contributed by atoms with Gasteiger partial charge in [0.1, 0.15) is 6.61 Å². The van der Waals surface area contributed by atoms with Crippen LogP contribution >= 0.6 is 0 Å². The number of aryl methyl sites for hydroxylation is 1. The van der Waals surface area contributed by atoms with Crippen molar-refractivity contribution in [2.75, 3.05) is 25.0 Å². The molecule has 0 spiro atoms. The lowest BCUT2D eigenvalue weighted by Gasteiger charge is -2.31. The summed E-state index contributed by atoms with van der Waals surface area (Å²) in [7, 11) is 0. The average molecular weight is 339 g/mol. The van der Waals surface area contributed by atoms with E-state index in [1.165, 1.54) is 5.56 Å². The molecule has 5 nitrogen and oxygen atoms in total. The molecule has 132 valence electrons. The summed E-state index contributed by atoms with van der Waals surface area (Å²) in [6.07, 6.45) is 5.36. The van der Waals surface area contributed by atoms with Crippen molar-refractivity contribution in [1.82, 2.24) is 9.88 Å². The van der Waals surface area contributed by atoms with Crippen molar-refractivity contribution >= 4 is 11.8 Å². The third-order valence-corrected chi connectivity index (χ3v) is 4.63. The second-order valence-corrected chi connectivity index (χ2v) is 6.59. The van der Waals surface area contributed by atoms with Gasteiger partial charge in [-0.2, -0.15) is 0 Å². The zero-order valence-electron chi connectivity index (χ0n) is 14.6. The summed E-state index contributed by atoms with van der Waals surface area (Å²) in [5.74, 6) is 0.578. The molecule has 1 aromatic heterocycles. The fourth-order valence-electron chi connectivity index (χ4n) is 2.97. The van der Waals surface area contributed by atoms with Crippen LogP contribution in [0.1, 0.15) is 24.0 Å². The van der Waals surface area contributed by atoms with Gasteiger partial charge in [-0.15, -0.1) is 0 Å². The molecule has 1 fully saturated rings. The van der Waals surface area contributed by atoms with E-state index in [0.29, 0.717) is 12.5 Å². The van der Waals surface area contributed by atoms with Gasteiger partial charge >= 0.3 is 6.09 Å². The first-order valence-electron chi connectivity index (χ1n) is 8.82. The predicted molar refractivity (Wildman–Crippen MR) is 98.4 cm³/mol. The number of anilines is 1. The molecule has 0 saturated carbocycles. The van der Waals surface area contributed by atoms with Crippen LogP contribution in [0.3, 0.4) is 0 Å². The van der Waals surface area contributed by atoms with Crippen molar-refractivity contribution < 1.29 is 9.53 Å². The summed E-state index contributed by atoms with van der Waals surface area (Å²) in [5, 5.41) is 3.43. The fraction of sp³-hybridized carbons (Fsp3) is 0.400. The van der Waals surface area contributed by atoms with Crippen LogP contribution in [-0.4, -0.2) is 35.6 Å². The number of likely N-dealkylation sites (tertiary alicyclic amines) is 1. The first-order chi connectivity index (χ1) is 12.2. The maximum Gasteiger partial charge on any atom is 0.410 e. The van der Waals surface area contributed by atoms with Crippen molar-refractivity contribution in [2.24, 2.45) is 5.92 Å². The van der Waals surface area contributed by atoms with E-state index in [0.717, 1.165) is 43.7 Å². The predicted octanol–water partition coefficient (Wildman–Crippen LogP) is 3.85. The normalized spacial score (nSPS) is 15.0. The van der Waals surface area contributed by atoms with Gasteiger partial charge in [0.2, 0.25) is 0 Å². The van der Waals surface area contributed by atoms with Gasteiger partial charge in [-0.25, -0.2) is 4.79 Å². The van der Waals surface area contributed by atoms with Crippen LogP contribution < -0.4 is 5.32 Å². The van der Waals surface area contributed by atoms with Crippen LogP contribution in [0.4, 0.5) is 10.5 Å². The van der Waals surface area contributed by atoms with Crippen LogP contribution in [0.5, 0.6) is 0 Å². The second kappa shape index (κ2) is 8.51. The molecule has 1 amide bonds. The number of ether oxygens (including phenoxy) is 1. The van der Waals surface area contributed by atoms with E-state index >= 15 is 0 Å². The van der Waals surface area contributed by atoms with E-state index in [1.54, 1.807) is 12.4 Å². The van der Waals surface area contributed by atoms with Gasteiger partial charge in [0.25, 0.3) is 0 Å². The highest BCUT2D eigenvalue weighted by Crippen LogP contribution is 2.19. The van der Waals surface area contributed by atoms with Gasteiger partial charge in [-0.1, -0.05) is 29.8 Å². The first kappa shape index (κ1) is 17.3. The molecular weight excluding hydrogens is 314 g/mol. The third-order valence-electron chi connectivity index (χ3n) is 4.63. The Labute approximate surface area is 149 Å². The molecule has 25 heavy (non-hydrogen) atoms. The molecule has 5 heteroatoms. The molecule has 0 atom stereocenters. The lowest BCUT2D eigenvalue weighted by atomic mass is 9.97. The summed E-state index contributed by atoms with van der Waals surface area (Å²) >= 11 is 0. The number of nitrogens with zero attached hydrogens (tertiary/aromatic N) is 2. The van der Waals surface area contributed by atoms with Gasteiger partial charge < -0.3 is 15.0 Å². The fourth-order valence-corrected chi connectivity index (χ4v) is 2.97. The van der Waals surface area contributed by atoms with E-state index in [9.17, 15) is 4.79 Å². The molecule has 2 aromatic rings. The van der Waals surface area contributed by atoms with Gasteiger partial charge in [0.05, 0.1) is 0 Å². The minimum atomic E-state index is -0.207. The number of pyridine rings is 1. The number of aromatic nitrogens is 1. The molecule has 1 N–H and O–H groups in total. The monoisotopic (exact) mass is 339 g/mol. The summed E-state index contributed by atoms with van der Waals surface area (Å²) in [4.78, 5) is 18.0. The van der Waals surface area contributed by atoms with Crippen LogP contribution in [0.2, 0.25) is 0 Å². The van der Waals surface area contributed by atoms with Crippen LogP contribution in [0, 0.1) is 12.8 Å². The number of benzene rings is 1. The summed E-state index contributed by atoms with van der Waals surface area (Å²) in [6, 6.07) is 12.0. The maximum absolute atomic E-state index is 12.2. The van der Waals surface area contributed by atoms with Crippen molar-refractivity contribution in [2.45, 2.75) is 26.4 Å². The van der Waals surface area contributed by atoms with E-state index in [4.69, 9.17) is 4.74 Å². The van der Waals surface area contributed by atoms with Gasteiger partial charge in [0.15, 0.2) is 0 Å². The van der Waals surface area contributed by atoms with Crippen LogP contribution in [0.25, 0.3) is 0 Å². The Balaban J connectivity index is 1.38. The number of carbonyl (C=O) groups is 1. The number of rotatable bonds is 5. The molecule has 0 radical (unpaired) electrons. The molecular formula is C20H25N3O2. The lowest BCUT2D eigenvalue weighted by molar-refractivity contribution is 0.0832. The maximum atomic E-state index is 12.2. The smallest absolute Gasteiger partial charge is 0.410 e. The van der Waals surface area contributed by atoms with Crippen LogP contribution in [0.15, 0.2) is 48.8 Å². The molecule has 0 bridgehead atoms. The molecule has 1 aliphatic rings. The summed E-state index contributed by atoms with van der Waals surface area (Å²) in [5.41, 5.74) is 3.32. The Bertz CT molecular complexity index is 665. The quantitative estimate of drug-likeness (QED) is 0.899. The van der Waals surface area contributed by atoms with Crippen molar-refractivity contribution in [3.63, 3.8) is 0 Å². The van der Waals surface area contributed by atoms with E-state index in [2.05, 4.69) is 10.3 Å². The molecule has 1 aliphatic heterocycles. The van der Waals surface area contributed by atoms with Gasteiger partial charge in [0, 0.05) is 37.7 Å². The minimum Gasteiger partial charge on any atom is -0.445 e. The molecule has 3 rings (SSSR count). The Morgan fingerprint density at radius 3 is 2.52 bits per heavy atom. The van der Waals surface area contributed by atoms with Gasteiger partial charge in [-0.05, 0) is 43.4 Å². The molecule has 1 saturated heterocycles. The largest absolute Gasteiger partial charge is 0.445 e. The highest BCUT2D eigenvalue weighted by molar-refractivity contribution is 5.67. The second-order valence-electron chi connectivity index (χ2n) is 6.59. The van der Waals surface area contributed by atoms with Crippen molar-refractivity contribution in [3.05, 3.63) is 59.9 Å². The number of hydrogen-bond acceptors (Lipinski definition) is 4. The third kappa shape index (κ3) is 5.21. The number of nitrogens with one attached hydrogen (secondary N) is 1. The standard InChI is InChI=1S/C20H25N3O2/c1-16-2-4-18(5-3-16)15-25-20(24)23-12-8-17(9-13-23)14-22-19-6-10-21-11-7-19/h2-7,10-11,17H,8-9,12-15H2,1H3,(H,21,22). The minimum absolute atomic E-state index is 0.207. The van der Waals surface area contributed by atoms with E-state index in [1.807, 2.05) is 48.2 Å². The van der Waals surface area contributed by atoms with Crippen LogP contribution in [-0.2, 0) is 11.3 Å². The summed E-state index contributed by atoms with van der Waals surface area (Å²) in [6.45, 7) is 4.83. The van der Waals surface area contributed by atoms with Crippen molar-refractivity contribution in [1.29, 1.82) is 0 Å². The Morgan fingerprint density at radius 2 is 1.84 bits per heavy atom. The Morgan fingerprint density at radius 1 is 1.16 bits per heavy atom. The van der Waals surface area contributed by atoms with E-state index in [-0.39, 0.29) is 6.09 Å². The molecule has 0 aliphatic carbocycles. The lowest BCUT2D eigenvalue weighted by Crippen LogP contribution is -2.40. The Hall–Kier alpha value is -2.56. The highest BCUT2D eigenvalue weighted by Gasteiger charge is 2.23.